The van der Waals surface area contributed by atoms with Crippen molar-refractivity contribution in [3.63, 3.8) is 0 Å². The maximum Gasteiger partial charge on any atom is 0.227 e. The van der Waals surface area contributed by atoms with Gasteiger partial charge in [-0.3, -0.25) is 4.79 Å². The topological polar surface area (TPSA) is 75.3 Å². The smallest absolute Gasteiger partial charge is 0.227 e. The molecule has 0 aromatic heterocycles. The largest absolute Gasteiger partial charge is 0.396 e. The van der Waals surface area contributed by atoms with Crippen molar-refractivity contribution in [2.24, 2.45) is 17.1 Å². The lowest BCUT2D eigenvalue weighted by Gasteiger charge is -2.35. The van der Waals surface area contributed by atoms with Crippen LogP contribution in [0.25, 0.3) is 0 Å². The summed E-state index contributed by atoms with van der Waals surface area (Å²) in [5, 5.41) is 12.0. The fourth-order valence-electron chi connectivity index (χ4n) is 2.81. The molecule has 0 radical (unpaired) electrons. The first-order valence-electron chi connectivity index (χ1n) is 7.27. The third-order valence-corrected chi connectivity index (χ3v) is 4.35. The Bertz CT molecular complexity index is 250. The maximum atomic E-state index is 12.3. The van der Waals surface area contributed by atoms with E-state index in [0.29, 0.717) is 19.0 Å². The quantitative estimate of drug-likeness (QED) is 0.645. The summed E-state index contributed by atoms with van der Waals surface area (Å²) in [7, 11) is 0. The highest BCUT2D eigenvalue weighted by Gasteiger charge is 2.37. The molecular formula is C14H28N2O2. The van der Waals surface area contributed by atoms with Crippen LogP contribution in [0.15, 0.2) is 0 Å². The highest BCUT2D eigenvalue weighted by atomic mass is 16.3. The van der Waals surface area contributed by atoms with Gasteiger partial charge in [-0.05, 0) is 25.2 Å². The number of rotatable bonds is 7. The van der Waals surface area contributed by atoms with Gasteiger partial charge >= 0.3 is 0 Å². The van der Waals surface area contributed by atoms with E-state index in [1.807, 2.05) is 0 Å². The van der Waals surface area contributed by atoms with Gasteiger partial charge in [-0.2, -0.15) is 0 Å². The average molecular weight is 256 g/mol. The van der Waals surface area contributed by atoms with Gasteiger partial charge in [0.2, 0.25) is 5.91 Å². The molecule has 0 heterocycles. The molecule has 18 heavy (non-hydrogen) atoms. The van der Waals surface area contributed by atoms with E-state index in [4.69, 9.17) is 10.8 Å². The Kier molecular flexibility index (Phi) is 6.65. The molecule has 1 aliphatic rings. The summed E-state index contributed by atoms with van der Waals surface area (Å²) in [5.41, 5.74) is 5.51. The van der Waals surface area contributed by atoms with E-state index in [1.165, 1.54) is 6.42 Å². The Morgan fingerprint density at radius 2 is 2.06 bits per heavy atom. The number of carbonyl (C=O) groups excluding carboxylic acids is 1. The average Bonchev–Trinajstić information content (AvgIpc) is 2.43. The number of aliphatic hydroxyl groups is 1. The summed E-state index contributed by atoms with van der Waals surface area (Å²) in [6.07, 6.45) is 7.02. The van der Waals surface area contributed by atoms with Crippen molar-refractivity contribution >= 4 is 5.91 Å². The lowest BCUT2D eigenvalue weighted by atomic mass is 9.73. The van der Waals surface area contributed by atoms with E-state index in [-0.39, 0.29) is 17.9 Å². The second-order valence-corrected chi connectivity index (χ2v) is 5.54. The van der Waals surface area contributed by atoms with Crippen LogP contribution in [-0.4, -0.2) is 30.7 Å². The summed E-state index contributed by atoms with van der Waals surface area (Å²) in [6.45, 7) is 3.40. The van der Waals surface area contributed by atoms with Crippen LogP contribution < -0.4 is 11.1 Å². The molecule has 4 nitrogen and oxygen atoms in total. The SMILES string of the molecule is CCC(CCO)CNC(=O)C1(CN)CCCCC1. The monoisotopic (exact) mass is 256 g/mol. The number of carbonyl (C=O) groups is 1. The molecule has 0 aliphatic heterocycles. The van der Waals surface area contributed by atoms with Crippen LogP contribution in [0.4, 0.5) is 0 Å². The molecule has 1 unspecified atom stereocenters. The van der Waals surface area contributed by atoms with Gasteiger partial charge in [0.05, 0.1) is 5.41 Å². The Labute approximate surface area is 110 Å². The van der Waals surface area contributed by atoms with Crippen LogP contribution >= 0.6 is 0 Å². The molecule has 0 saturated heterocycles. The first-order chi connectivity index (χ1) is 8.68. The van der Waals surface area contributed by atoms with Crippen LogP contribution in [0.1, 0.15) is 51.9 Å². The van der Waals surface area contributed by atoms with Crippen LogP contribution in [0.3, 0.4) is 0 Å². The van der Waals surface area contributed by atoms with Crippen molar-refractivity contribution < 1.29 is 9.90 Å². The van der Waals surface area contributed by atoms with Gasteiger partial charge < -0.3 is 16.2 Å². The van der Waals surface area contributed by atoms with Gasteiger partial charge in [0.1, 0.15) is 0 Å². The molecule has 0 aromatic carbocycles. The zero-order chi connectivity index (χ0) is 13.4. The standard InChI is InChI=1S/C14H28N2O2/c1-2-12(6-9-17)10-16-13(18)14(11-15)7-4-3-5-8-14/h12,17H,2-11,15H2,1H3,(H,16,18). The molecule has 1 atom stereocenters. The number of hydrogen-bond acceptors (Lipinski definition) is 3. The van der Waals surface area contributed by atoms with E-state index in [9.17, 15) is 4.79 Å². The Morgan fingerprint density at radius 1 is 1.39 bits per heavy atom. The van der Waals surface area contributed by atoms with Crippen molar-refractivity contribution in [2.45, 2.75) is 51.9 Å². The minimum absolute atomic E-state index is 0.126. The first-order valence-corrected chi connectivity index (χ1v) is 7.27. The molecule has 106 valence electrons. The summed E-state index contributed by atoms with van der Waals surface area (Å²) >= 11 is 0. The fourth-order valence-corrected chi connectivity index (χ4v) is 2.81. The van der Waals surface area contributed by atoms with Gasteiger partial charge in [0, 0.05) is 19.7 Å². The molecular weight excluding hydrogens is 228 g/mol. The van der Waals surface area contributed by atoms with Gasteiger partial charge in [0.25, 0.3) is 0 Å². The molecule has 1 aliphatic carbocycles. The molecule has 0 bridgehead atoms. The molecule has 1 amide bonds. The van der Waals surface area contributed by atoms with Gasteiger partial charge in [-0.1, -0.05) is 32.6 Å². The predicted molar refractivity (Wildman–Crippen MR) is 73.1 cm³/mol. The zero-order valence-corrected chi connectivity index (χ0v) is 11.6. The van der Waals surface area contributed by atoms with E-state index < -0.39 is 0 Å². The van der Waals surface area contributed by atoms with Gasteiger partial charge in [0.15, 0.2) is 0 Å². The third-order valence-electron chi connectivity index (χ3n) is 4.35. The minimum Gasteiger partial charge on any atom is -0.396 e. The number of nitrogens with one attached hydrogen (secondary N) is 1. The van der Waals surface area contributed by atoms with Crippen molar-refractivity contribution in [3.05, 3.63) is 0 Å². The minimum atomic E-state index is -0.324. The van der Waals surface area contributed by atoms with E-state index in [0.717, 1.165) is 38.5 Å². The molecule has 0 spiro atoms. The Hall–Kier alpha value is -0.610. The van der Waals surface area contributed by atoms with Crippen LogP contribution in [-0.2, 0) is 4.79 Å². The second-order valence-electron chi connectivity index (χ2n) is 5.54. The summed E-state index contributed by atoms with van der Waals surface area (Å²) in [5.74, 6) is 0.499. The van der Waals surface area contributed by atoms with E-state index >= 15 is 0 Å². The van der Waals surface area contributed by atoms with Crippen molar-refractivity contribution in [2.75, 3.05) is 19.7 Å². The van der Waals surface area contributed by atoms with E-state index in [2.05, 4.69) is 12.2 Å². The number of aliphatic hydroxyl groups excluding tert-OH is 1. The zero-order valence-electron chi connectivity index (χ0n) is 11.6. The third kappa shape index (κ3) is 3.95. The number of amides is 1. The highest BCUT2D eigenvalue weighted by molar-refractivity contribution is 5.83. The van der Waals surface area contributed by atoms with Crippen molar-refractivity contribution in [3.8, 4) is 0 Å². The van der Waals surface area contributed by atoms with Crippen molar-refractivity contribution in [1.82, 2.24) is 5.32 Å². The predicted octanol–water partition coefficient (Wildman–Crippen LogP) is 1.42. The Morgan fingerprint density at radius 3 is 2.56 bits per heavy atom. The molecule has 1 rings (SSSR count). The van der Waals surface area contributed by atoms with Crippen LogP contribution in [0.5, 0.6) is 0 Å². The molecule has 0 aromatic rings. The number of hydrogen-bond donors (Lipinski definition) is 3. The normalized spacial score (nSPS) is 20.4. The molecule has 1 saturated carbocycles. The van der Waals surface area contributed by atoms with Gasteiger partial charge in [-0.15, -0.1) is 0 Å². The molecule has 4 N–H and O–H groups in total. The maximum absolute atomic E-state index is 12.3. The summed E-state index contributed by atoms with van der Waals surface area (Å²) in [6, 6.07) is 0. The van der Waals surface area contributed by atoms with Crippen LogP contribution in [0.2, 0.25) is 0 Å². The van der Waals surface area contributed by atoms with Crippen molar-refractivity contribution in [1.29, 1.82) is 0 Å². The summed E-state index contributed by atoms with van der Waals surface area (Å²) in [4.78, 5) is 12.3. The lowest BCUT2D eigenvalue weighted by molar-refractivity contribution is -0.132. The second kappa shape index (κ2) is 7.74. The first kappa shape index (κ1) is 15.4. The highest BCUT2D eigenvalue weighted by Crippen LogP contribution is 2.35. The Balaban J connectivity index is 2.46. The summed E-state index contributed by atoms with van der Waals surface area (Å²) < 4.78 is 0. The fraction of sp³-hybridized carbons (Fsp3) is 0.929. The van der Waals surface area contributed by atoms with Crippen LogP contribution in [0, 0.1) is 11.3 Å². The lowest BCUT2D eigenvalue weighted by Crippen LogP contribution is -2.48. The van der Waals surface area contributed by atoms with Gasteiger partial charge in [-0.25, -0.2) is 0 Å². The number of nitrogens with two attached hydrogens (primary N) is 1. The molecule has 4 heteroatoms. The molecule has 1 fully saturated rings. The van der Waals surface area contributed by atoms with E-state index in [1.54, 1.807) is 0 Å².